The molecule has 3 heteroatoms. The standard InChI is InChI=1S/C15H20BrNO/c16-13-10-12(8-9-14(13)17)15(18)11-6-4-2-1-3-5-7-11/h8-11H,1-7,17H2. The number of halogens is 1. The summed E-state index contributed by atoms with van der Waals surface area (Å²) in [7, 11) is 0. The van der Waals surface area contributed by atoms with E-state index >= 15 is 0 Å². The van der Waals surface area contributed by atoms with Gasteiger partial charge in [-0.15, -0.1) is 0 Å². The zero-order valence-electron chi connectivity index (χ0n) is 10.6. The summed E-state index contributed by atoms with van der Waals surface area (Å²) in [5.41, 5.74) is 7.23. The first-order chi connectivity index (χ1) is 8.68. The van der Waals surface area contributed by atoms with Crippen molar-refractivity contribution in [2.24, 2.45) is 5.92 Å². The molecular formula is C15H20BrNO. The molecule has 0 bridgehead atoms. The zero-order chi connectivity index (χ0) is 13.0. The summed E-state index contributed by atoms with van der Waals surface area (Å²) in [4.78, 5) is 12.5. The second kappa shape index (κ2) is 6.37. The highest BCUT2D eigenvalue weighted by molar-refractivity contribution is 9.10. The van der Waals surface area contributed by atoms with Gasteiger partial charge in [0.25, 0.3) is 0 Å². The minimum Gasteiger partial charge on any atom is -0.398 e. The molecule has 0 aromatic heterocycles. The number of hydrogen-bond donors (Lipinski definition) is 1. The Morgan fingerprint density at radius 3 is 2.33 bits per heavy atom. The van der Waals surface area contributed by atoms with Crippen molar-refractivity contribution in [1.82, 2.24) is 0 Å². The maximum atomic E-state index is 12.5. The van der Waals surface area contributed by atoms with Gasteiger partial charge in [-0.05, 0) is 47.0 Å². The van der Waals surface area contributed by atoms with Gasteiger partial charge in [0, 0.05) is 21.6 Å². The Hall–Kier alpha value is -0.830. The van der Waals surface area contributed by atoms with Crippen molar-refractivity contribution in [1.29, 1.82) is 0 Å². The van der Waals surface area contributed by atoms with Gasteiger partial charge < -0.3 is 5.73 Å². The first-order valence-electron chi connectivity index (χ1n) is 6.77. The summed E-state index contributed by atoms with van der Waals surface area (Å²) in [5, 5.41) is 0. The van der Waals surface area contributed by atoms with E-state index in [2.05, 4.69) is 15.9 Å². The molecule has 1 aromatic rings. The van der Waals surface area contributed by atoms with Gasteiger partial charge in [-0.1, -0.05) is 32.1 Å². The van der Waals surface area contributed by atoms with Gasteiger partial charge in [0.1, 0.15) is 0 Å². The van der Waals surface area contributed by atoms with Crippen LogP contribution < -0.4 is 5.73 Å². The van der Waals surface area contributed by atoms with Crippen LogP contribution >= 0.6 is 15.9 Å². The molecule has 1 saturated carbocycles. The first-order valence-corrected chi connectivity index (χ1v) is 7.57. The van der Waals surface area contributed by atoms with E-state index in [9.17, 15) is 4.79 Å². The van der Waals surface area contributed by atoms with Crippen LogP contribution in [0.2, 0.25) is 0 Å². The van der Waals surface area contributed by atoms with E-state index in [0.29, 0.717) is 5.69 Å². The molecule has 98 valence electrons. The lowest BCUT2D eigenvalue weighted by molar-refractivity contribution is 0.0898. The number of anilines is 1. The molecule has 1 aliphatic carbocycles. The van der Waals surface area contributed by atoms with Crippen molar-refractivity contribution in [3.8, 4) is 0 Å². The fourth-order valence-corrected chi connectivity index (χ4v) is 3.01. The lowest BCUT2D eigenvalue weighted by Crippen LogP contribution is -2.16. The number of benzene rings is 1. The minimum absolute atomic E-state index is 0.209. The van der Waals surface area contributed by atoms with E-state index in [4.69, 9.17) is 5.73 Å². The second-order valence-electron chi connectivity index (χ2n) is 5.14. The molecule has 1 aliphatic rings. The van der Waals surface area contributed by atoms with Gasteiger partial charge in [-0.25, -0.2) is 0 Å². The van der Waals surface area contributed by atoms with Crippen LogP contribution in [0.4, 0.5) is 5.69 Å². The summed E-state index contributed by atoms with van der Waals surface area (Å²) in [6, 6.07) is 5.51. The molecule has 0 spiro atoms. The third-order valence-corrected chi connectivity index (χ3v) is 4.45. The van der Waals surface area contributed by atoms with Gasteiger partial charge in [0.15, 0.2) is 5.78 Å². The van der Waals surface area contributed by atoms with Crippen LogP contribution in [0.1, 0.15) is 55.3 Å². The van der Waals surface area contributed by atoms with Gasteiger partial charge in [-0.2, -0.15) is 0 Å². The summed E-state index contributed by atoms with van der Waals surface area (Å²) in [5.74, 6) is 0.499. The zero-order valence-corrected chi connectivity index (χ0v) is 12.2. The Balaban J connectivity index is 2.10. The first kappa shape index (κ1) is 13.6. The lowest BCUT2D eigenvalue weighted by atomic mass is 9.85. The van der Waals surface area contributed by atoms with Crippen molar-refractivity contribution in [2.45, 2.75) is 44.9 Å². The predicted molar refractivity (Wildman–Crippen MR) is 78.7 cm³/mol. The average Bonchev–Trinajstić information content (AvgIpc) is 2.31. The molecule has 0 radical (unpaired) electrons. The topological polar surface area (TPSA) is 43.1 Å². The highest BCUT2D eigenvalue weighted by Gasteiger charge is 2.21. The van der Waals surface area contributed by atoms with Crippen LogP contribution in [0.15, 0.2) is 22.7 Å². The number of carbonyl (C=O) groups excluding carboxylic acids is 1. The number of Topliss-reactive ketones (excluding diaryl/α,β-unsaturated/α-hetero) is 1. The normalized spacial score (nSPS) is 18.1. The number of nitrogen functional groups attached to an aromatic ring is 1. The van der Waals surface area contributed by atoms with Crippen LogP contribution in [0.25, 0.3) is 0 Å². The van der Waals surface area contributed by atoms with Gasteiger partial charge in [-0.3, -0.25) is 4.79 Å². The summed E-state index contributed by atoms with van der Waals surface area (Å²) >= 11 is 3.39. The lowest BCUT2D eigenvalue weighted by Gasteiger charge is -2.18. The van der Waals surface area contributed by atoms with E-state index in [-0.39, 0.29) is 11.7 Å². The molecule has 2 rings (SSSR count). The third-order valence-electron chi connectivity index (χ3n) is 3.76. The Kier molecular flexibility index (Phi) is 4.81. The minimum atomic E-state index is 0.209. The van der Waals surface area contributed by atoms with Crippen LogP contribution in [0.5, 0.6) is 0 Å². The highest BCUT2D eigenvalue weighted by atomic mass is 79.9. The molecule has 0 unspecified atom stereocenters. The predicted octanol–water partition coefficient (Wildman–Crippen LogP) is 4.57. The third kappa shape index (κ3) is 3.35. The molecule has 0 atom stereocenters. The van der Waals surface area contributed by atoms with Crippen LogP contribution in [0, 0.1) is 5.92 Å². The van der Waals surface area contributed by atoms with Crippen molar-refractivity contribution in [3.05, 3.63) is 28.2 Å². The quantitative estimate of drug-likeness (QED) is 0.642. The second-order valence-corrected chi connectivity index (χ2v) is 6.00. The van der Waals surface area contributed by atoms with Crippen LogP contribution in [0.3, 0.4) is 0 Å². The van der Waals surface area contributed by atoms with Gasteiger partial charge in [0.2, 0.25) is 0 Å². The Labute approximate surface area is 117 Å². The largest absolute Gasteiger partial charge is 0.398 e. The molecule has 0 heterocycles. The summed E-state index contributed by atoms with van der Waals surface area (Å²) in [6.45, 7) is 0. The number of ketones is 1. The van der Waals surface area contributed by atoms with Crippen molar-refractivity contribution < 1.29 is 4.79 Å². The molecule has 1 aromatic carbocycles. The number of rotatable bonds is 2. The maximum absolute atomic E-state index is 12.5. The fraction of sp³-hybridized carbons (Fsp3) is 0.533. The van der Waals surface area contributed by atoms with Crippen molar-refractivity contribution >= 4 is 27.4 Å². The van der Waals surface area contributed by atoms with E-state index in [1.807, 2.05) is 12.1 Å². The highest BCUT2D eigenvalue weighted by Crippen LogP contribution is 2.27. The molecule has 0 amide bonds. The van der Waals surface area contributed by atoms with Crippen molar-refractivity contribution in [2.75, 3.05) is 5.73 Å². The molecule has 18 heavy (non-hydrogen) atoms. The fourth-order valence-electron chi connectivity index (χ4n) is 2.63. The molecule has 0 saturated heterocycles. The molecule has 0 aliphatic heterocycles. The van der Waals surface area contributed by atoms with E-state index in [0.717, 1.165) is 22.9 Å². The summed E-state index contributed by atoms with van der Waals surface area (Å²) < 4.78 is 0.819. The number of hydrogen-bond acceptors (Lipinski definition) is 2. The van der Waals surface area contributed by atoms with Crippen LogP contribution in [-0.4, -0.2) is 5.78 Å². The average molecular weight is 310 g/mol. The Bertz CT molecular complexity index is 423. The maximum Gasteiger partial charge on any atom is 0.165 e. The Morgan fingerprint density at radius 2 is 1.72 bits per heavy atom. The number of carbonyl (C=O) groups is 1. The van der Waals surface area contributed by atoms with Crippen molar-refractivity contribution in [3.63, 3.8) is 0 Å². The van der Waals surface area contributed by atoms with Gasteiger partial charge >= 0.3 is 0 Å². The van der Waals surface area contributed by atoms with Crippen LogP contribution in [-0.2, 0) is 0 Å². The Morgan fingerprint density at radius 1 is 1.11 bits per heavy atom. The monoisotopic (exact) mass is 309 g/mol. The van der Waals surface area contributed by atoms with E-state index in [1.54, 1.807) is 6.07 Å². The van der Waals surface area contributed by atoms with Gasteiger partial charge in [0.05, 0.1) is 0 Å². The smallest absolute Gasteiger partial charge is 0.165 e. The van der Waals surface area contributed by atoms with E-state index < -0.39 is 0 Å². The SMILES string of the molecule is Nc1ccc(C(=O)C2CCCCCCC2)cc1Br. The molecule has 2 nitrogen and oxygen atoms in total. The molecule has 2 N–H and O–H groups in total. The summed E-state index contributed by atoms with van der Waals surface area (Å²) in [6.07, 6.45) is 8.33. The number of nitrogens with two attached hydrogens (primary N) is 1. The molecular weight excluding hydrogens is 290 g/mol. The van der Waals surface area contributed by atoms with E-state index in [1.165, 1.54) is 32.1 Å². The molecule has 1 fully saturated rings.